The second-order valence-electron chi connectivity index (χ2n) is 8.02. The van der Waals surface area contributed by atoms with Crippen LogP contribution in [0, 0.1) is 0 Å². The SMILES string of the molecule is CCCOc1ccc(-n2nnnc2C(F)(F)F)cc1CN[C@H]1CCCN[C@H]1c1ccccc1. The van der Waals surface area contributed by atoms with E-state index in [0.717, 1.165) is 31.4 Å². The van der Waals surface area contributed by atoms with Crippen molar-refractivity contribution in [1.82, 2.24) is 30.8 Å². The standard InChI is InChI=1S/C23H27F3N6O/c1-2-13-33-20-11-10-18(32-22(23(24,25)26)29-30-31-32)14-17(20)15-28-19-9-6-12-27-21(19)16-7-4-3-5-8-16/h3-5,7-8,10-11,14,19,21,27-28H,2,6,9,12-13,15H2,1H3/t19-,21-/m0/s1. The molecule has 4 rings (SSSR count). The van der Waals surface area contributed by atoms with Gasteiger partial charge < -0.3 is 15.4 Å². The van der Waals surface area contributed by atoms with Gasteiger partial charge in [0.15, 0.2) is 0 Å². The Morgan fingerprint density at radius 2 is 2.00 bits per heavy atom. The first kappa shape index (κ1) is 23.2. The monoisotopic (exact) mass is 460 g/mol. The summed E-state index contributed by atoms with van der Waals surface area (Å²) in [5, 5.41) is 17.1. The Kier molecular flexibility index (Phi) is 7.24. The molecule has 1 aromatic heterocycles. The van der Waals surface area contributed by atoms with Crippen molar-refractivity contribution >= 4 is 0 Å². The zero-order valence-corrected chi connectivity index (χ0v) is 18.3. The molecule has 176 valence electrons. The van der Waals surface area contributed by atoms with Crippen molar-refractivity contribution in [2.24, 2.45) is 0 Å². The minimum Gasteiger partial charge on any atom is -0.493 e. The Bertz CT molecular complexity index is 1040. The molecule has 1 saturated heterocycles. The summed E-state index contributed by atoms with van der Waals surface area (Å²) >= 11 is 0. The summed E-state index contributed by atoms with van der Waals surface area (Å²) in [5.74, 6) is -0.529. The van der Waals surface area contributed by atoms with Crippen LogP contribution in [0.5, 0.6) is 5.75 Å². The van der Waals surface area contributed by atoms with E-state index in [4.69, 9.17) is 4.74 Å². The van der Waals surface area contributed by atoms with Gasteiger partial charge in [0.2, 0.25) is 0 Å². The lowest BCUT2D eigenvalue weighted by atomic mass is 9.92. The number of nitrogens with zero attached hydrogens (tertiary/aromatic N) is 4. The highest BCUT2D eigenvalue weighted by molar-refractivity contribution is 5.44. The molecule has 1 fully saturated rings. The maximum absolute atomic E-state index is 13.3. The van der Waals surface area contributed by atoms with Crippen molar-refractivity contribution in [3.63, 3.8) is 0 Å². The van der Waals surface area contributed by atoms with Crippen LogP contribution in [-0.2, 0) is 12.7 Å². The van der Waals surface area contributed by atoms with Crippen LogP contribution in [0.2, 0.25) is 0 Å². The number of aromatic nitrogens is 4. The van der Waals surface area contributed by atoms with E-state index >= 15 is 0 Å². The highest BCUT2D eigenvalue weighted by atomic mass is 19.4. The average molecular weight is 461 g/mol. The molecule has 0 amide bonds. The summed E-state index contributed by atoms with van der Waals surface area (Å²) in [5.41, 5.74) is 2.19. The average Bonchev–Trinajstić information content (AvgIpc) is 3.33. The summed E-state index contributed by atoms with van der Waals surface area (Å²) in [6.45, 7) is 3.90. The zero-order valence-electron chi connectivity index (χ0n) is 18.3. The van der Waals surface area contributed by atoms with Gasteiger partial charge in [-0.2, -0.15) is 17.9 Å². The number of alkyl halides is 3. The molecular formula is C23H27F3N6O. The van der Waals surface area contributed by atoms with Crippen LogP contribution in [0.3, 0.4) is 0 Å². The first-order valence-corrected chi connectivity index (χ1v) is 11.1. The van der Waals surface area contributed by atoms with E-state index < -0.39 is 12.0 Å². The molecule has 10 heteroatoms. The molecule has 1 aliphatic heterocycles. The molecule has 0 aliphatic carbocycles. The van der Waals surface area contributed by atoms with E-state index in [1.807, 2.05) is 25.1 Å². The molecular weight excluding hydrogens is 433 g/mol. The smallest absolute Gasteiger partial charge is 0.453 e. The van der Waals surface area contributed by atoms with E-state index in [9.17, 15) is 13.2 Å². The maximum atomic E-state index is 13.3. The second kappa shape index (κ2) is 10.3. The van der Waals surface area contributed by atoms with Gasteiger partial charge in [0, 0.05) is 24.2 Å². The van der Waals surface area contributed by atoms with Crippen LogP contribution in [-0.4, -0.2) is 39.4 Å². The number of hydrogen-bond donors (Lipinski definition) is 2. The third kappa shape index (κ3) is 5.51. The van der Waals surface area contributed by atoms with Crippen LogP contribution < -0.4 is 15.4 Å². The topological polar surface area (TPSA) is 76.9 Å². The number of nitrogens with one attached hydrogen (secondary N) is 2. The van der Waals surface area contributed by atoms with E-state index in [0.29, 0.717) is 23.6 Å². The molecule has 0 radical (unpaired) electrons. The first-order chi connectivity index (χ1) is 16.0. The highest BCUT2D eigenvalue weighted by Crippen LogP contribution is 2.30. The molecule has 2 atom stereocenters. The van der Waals surface area contributed by atoms with Gasteiger partial charge in [-0.1, -0.05) is 37.3 Å². The highest BCUT2D eigenvalue weighted by Gasteiger charge is 2.38. The Labute approximate surface area is 190 Å². The van der Waals surface area contributed by atoms with Crippen molar-refractivity contribution in [2.45, 2.75) is 51.0 Å². The summed E-state index contributed by atoms with van der Waals surface area (Å²) in [6, 6.07) is 15.4. The molecule has 2 aromatic carbocycles. The summed E-state index contributed by atoms with van der Waals surface area (Å²) < 4.78 is 46.5. The van der Waals surface area contributed by atoms with E-state index in [1.54, 1.807) is 12.1 Å². The van der Waals surface area contributed by atoms with Crippen LogP contribution in [0.25, 0.3) is 5.69 Å². The largest absolute Gasteiger partial charge is 0.493 e. The van der Waals surface area contributed by atoms with E-state index in [-0.39, 0.29) is 17.8 Å². The first-order valence-electron chi connectivity index (χ1n) is 11.1. The molecule has 0 saturated carbocycles. The minimum atomic E-state index is -4.66. The summed E-state index contributed by atoms with van der Waals surface area (Å²) in [4.78, 5) is 0. The molecule has 3 aromatic rings. The van der Waals surface area contributed by atoms with Gasteiger partial charge in [-0.15, -0.1) is 5.10 Å². The minimum absolute atomic E-state index is 0.152. The number of hydrogen-bond acceptors (Lipinski definition) is 6. The van der Waals surface area contributed by atoms with Gasteiger partial charge in [-0.05, 0) is 60.0 Å². The summed E-state index contributed by atoms with van der Waals surface area (Å²) in [7, 11) is 0. The summed E-state index contributed by atoms with van der Waals surface area (Å²) in [6.07, 6.45) is -1.80. The van der Waals surface area contributed by atoms with Crippen molar-refractivity contribution in [2.75, 3.05) is 13.2 Å². The quantitative estimate of drug-likeness (QED) is 0.528. The molecule has 7 nitrogen and oxygen atoms in total. The van der Waals surface area contributed by atoms with Crippen LogP contribution in [0.1, 0.15) is 49.2 Å². The fourth-order valence-corrected chi connectivity index (χ4v) is 4.09. The fraction of sp³-hybridized carbons (Fsp3) is 0.435. The Balaban J connectivity index is 1.59. The number of halogens is 3. The molecule has 2 N–H and O–H groups in total. The molecule has 0 bridgehead atoms. The van der Waals surface area contributed by atoms with Crippen molar-refractivity contribution in [1.29, 1.82) is 0 Å². The maximum Gasteiger partial charge on any atom is 0.453 e. The van der Waals surface area contributed by atoms with Gasteiger partial charge >= 0.3 is 6.18 Å². The molecule has 2 heterocycles. The molecule has 1 aliphatic rings. The van der Waals surface area contributed by atoms with Crippen LogP contribution in [0.4, 0.5) is 13.2 Å². The van der Waals surface area contributed by atoms with Crippen LogP contribution >= 0.6 is 0 Å². The number of rotatable bonds is 8. The zero-order chi connectivity index (χ0) is 23.3. The second-order valence-corrected chi connectivity index (χ2v) is 8.02. The number of piperidine rings is 1. The Morgan fingerprint density at radius 3 is 2.76 bits per heavy atom. The normalized spacial score (nSPS) is 18.9. The lowest BCUT2D eigenvalue weighted by Gasteiger charge is -2.34. The van der Waals surface area contributed by atoms with Crippen molar-refractivity contribution < 1.29 is 17.9 Å². The van der Waals surface area contributed by atoms with Crippen LogP contribution in [0.15, 0.2) is 48.5 Å². The molecule has 0 unspecified atom stereocenters. The van der Waals surface area contributed by atoms with Crippen molar-refractivity contribution in [3.05, 3.63) is 65.5 Å². The van der Waals surface area contributed by atoms with Crippen molar-refractivity contribution in [3.8, 4) is 11.4 Å². The lowest BCUT2D eigenvalue weighted by Crippen LogP contribution is -2.45. The van der Waals surface area contributed by atoms with Gasteiger partial charge in [0.05, 0.1) is 12.3 Å². The fourth-order valence-electron chi connectivity index (χ4n) is 4.09. The van der Waals surface area contributed by atoms with Gasteiger partial charge in [-0.3, -0.25) is 0 Å². The van der Waals surface area contributed by atoms with E-state index in [1.165, 1.54) is 11.6 Å². The predicted molar refractivity (Wildman–Crippen MR) is 117 cm³/mol. The predicted octanol–water partition coefficient (Wildman–Crippen LogP) is 4.05. The number of benzene rings is 2. The lowest BCUT2D eigenvalue weighted by molar-refractivity contribution is -0.146. The Hall–Kier alpha value is -2.98. The molecule has 0 spiro atoms. The third-order valence-electron chi connectivity index (χ3n) is 5.65. The number of tetrazole rings is 1. The third-order valence-corrected chi connectivity index (χ3v) is 5.65. The Morgan fingerprint density at radius 1 is 1.18 bits per heavy atom. The number of ether oxygens (including phenoxy) is 1. The van der Waals surface area contributed by atoms with Gasteiger partial charge in [-0.25, -0.2) is 0 Å². The van der Waals surface area contributed by atoms with Gasteiger partial charge in [0.1, 0.15) is 5.75 Å². The van der Waals surface area contributed by atoms with E-state index in [2.05, 4.69) is 38.3 Å². The molecule has 33 heavy (non-hydrogen) atoms. The van der Waals surface area contributed by atoms with Gasteiger partial charge in [0.25, 0.3) is 5.82 Å².